The molecule has 0 aliphatic heterocycles. The highest BCUT2D eigenvalue weighted by molar-refractivity contribution is 7.17. The van der Waals surface area contributed by atoms with Crippen molar-refractivity contribution in [2.24, 2.45) is 0 Å². The number of carbonyl (C=O) groups is 1. The predicted molar refractivity (Wildman–Crippen MR) is 138 cm³/mol. The molecule has 5 aromatic rings. The third-order valence-corrected chi connectivity index (χ3v) is 7.06. The normalized spacial score (nSPS) is 12.0. The van der Waals surface area contributed by atoms with E-state index in [4.69, 9.17) is 0 Å². The minimum atomic E-state index is -0.894. The summed E-state index contributed by atoms with van der Waals surface area (Å²) in [6.45, 7) is 6.38. The lowest BCUT2D eigenvalue weighted by molar-refractivity contribution is 0.0667. The van der Waals surface area contributed by atoms with Gasteiger partial charge in [0.05, 0.1) is 32.5 Å². The van der Waals surface area contributed by atoms with Gasteiger partial charge in [-0.05, 0) is 69.2 Å². The molecule has 0 aliphatic rings. The number of aryl methyl sites for hydroxylation is 2. The quantitative estimate of drug-likeness (QED) is 0.315. The van der Waals surface area contributed by atoms with Crippen molar-refractivity contribution in [3.05, 3.63) is 64.2 Å². The highest BCUT2D eigenvalue weighted by atomic mass is 32.1. The molecule has 0 saturated carbocycles. The van der Waals surface area contributed by atoms with Gasteiger partial charge in [-0.15, -0.1) is 11.3 Å². The number of carbonyl (C=O) groups excluding carboxylic acids is 1. The third-order valence-electron chi connectivity index (χ3n) is 5.93. The summed E-state index contributed by atoms with van der Waals surface area (Å²) < 4.78 is 3.55. The fourth-order valence-corrected chi connectivity index (χ4v) is 5.00. The molecule has 10 heteroatoms. The third kappa shape index (κ3) is 4.50. The molecule has 4 heterocycles. The Bertz CT molecular complexity index is 1590. The van der Waals surface area contributed by atoms with E-state index in [2.05, 4.69) is 20.3 Å². The Balaban J connectivity index is 1.53. The van der Waals surface area contributed by atoms with Crippen molar-refractivity contribution in [2.75, 3.05) is 5.32 Å². The standard InChI is InChI=1S/C25H26N6O3S/c1-4-30-18-14-19-16(13-17(18)28-24(30)33)27-23(31(19)12-9-25(2,3)34)29-22(32)21-6-5-20(35-21)15-7-10-26-11-8-15/h5-8,10-11,13-14,34H,4,9,12H2,1-3H3,(H,28,33)(H,27,29,32). The number of aliphatic hydroxyl groups is 1. The molecule has 0 radical (unpaired) electrons. The molecule has 0 atom stereocenters. The molecule has 180 valence electrons. The molecule has 0 bridgehead atoms. The average Bonchev–Trinajstić information content (AvgIpc) is 3.51. The van der Waals surface area contributed by atoms with Gasteiger partial charge in [0.25, 0.3) is 5.91 Å². The summed E-state index contributed by atoms with van der Waals surface area (Å²) in [6.07, 6.45) is 3.90. The van der Waals surface area contributed by atoms with Crippen LogP contribution in [0.1, 0.15) is 36.9 Å². The number of rotatable bonds is 7. The van der Waals surface area contributed by atoms with Crippen LogP contribution in [0.25, 0.3) is 32.5 Å². The minimum absolute atomic E-state index is 0.172. The molecule has 1 aromatic carbocycles. The van der Waals surface area contributed by atoms with Gasteiger partial charge in [0, 0.05) is 30.4 Å². The summed E-state index contributed by atoms with van der Waals surface area (Å²) in [7, 11) is 0. The van der Waals surface area contributed by atoms with Crippen molar-refractivity contribution in [3.8, 4) is 10.4 Å². The molecule has 0 aliphatic carbocycles. The van der Waals surface area contributed by atoms with Crippen LogP contribution in [0.4, 0.5) is 5.95 Å². The number of anilines is 1. The van der Waals surface area contributed by atoms with Crippen LogP contribution in [0, 0.1) is 0 Å². The van der Waals surface area contributed by atoms with Gasteiger partial charge in [0.2, 0.25) is 5.95 Å². The molecule has 3 N–H and O–H groups in total. The molecule has 0 saturated heterocycles. The second-order valence-electron chi connectivity index (χ2n) is 9.04. The number of fused-ring (bicyclic) bond motifs is 2. The number of H-pyrrole nitrogens is 1. The smallest absolute Gasteiger partial charge is 0.326 e. The zero-order chi connectivity index (χ0) is 24.7. The van der Waals surface area contributed by atoms with E-state index >= 15 is 0 Å². The number of imidazole rings is 2. The van der Waals surface area contributed by atoms with Gasteiger partial charge < -0.3 is 14.7 Å². The molecule has 0 spiro atoms. The maximum absolute atomic E-state index is 13.2. The fourth-order valence-electron chi connectivity index (χ4n) is 4.09. The number of aromatic amines is 1. The van der Waals surface area contributed by atoms with Crippen LogP contribution < -0.4 is 11.0 Å². The fraction of sp³-hybridized carbons (Fsp3) is 0.280. The molecule has 0 unspecified atom stereocenters. The van der Waals surface area contributed by atoms with E-state index in [0.29, 0.717) is 41.4 Å². The molecule has 4 aromatic heterocycles. The number of thiophene rings is 1. The number of amides is 1. The van der Waals surface area contributed by atoms with Gasteiger partial charge in [0.1, 0.15) is 0 Å². The Kier molecular flexibility index (Phi) is 5.78. The van der Waals surface area contributed by atoms with Crippen LogP contribution in [0.3, 0.4) is 0 Å². The summed E-state index contributed by atoms with van der Waals surface area (Å²) in [5.41, 5.74) is 2.82. The van der Waals surface area contributed by atoms with E-state index in [1.54, 1.807) is 36.9 Å². The lowest BCUT2D eigenvalue weighted by Crippen LogP contribution is -2.22. The van der Waals surface area contributed by atoms with Crippen molar-refractivity contribution in [1.82, 2.24) is 24.1 Å². The zero-order valence-electron chi connectivity index (χ0n) is 19.7. The molecule has 5 rings (SSSR count). The van der Waals surface area contributed by atoms with Crippen LogP contribution in [0.5, 0.6) is 0 Å². The largest absolute Gasteiger partial charge is 0.390 e. The Morgan fingerprint density at radius 3 is 2.63 bits per heavy atom. The van der Waals surface area contributed by atoms with E-state index < -0.39 is 5.60 Å². The highest BCUT2D eigenvalue weighted by Gasteiger charge is 2.20. The average molecular weight is 491 g/mol. The summed E-state index contributed by atoms with van der Waals surface area (Å²) >= 11 is 1.39. The second-order valence-corrected chi connectivity index (χ2v) is 10.1. The van der Waals surface area contributed by atoms with Gasteiger partial charge in [-0.1, -0.05) is 0 Å². The first kappa shape index (κ1) is 23.0. The van der Waals surface area contributed by atoms with E-state index in [1.807, 2.05) is 41.8 Å². The number of hydrogen-bond donors (Lipinski definition) is 3. The number of pyridine rings is 1. The number of hydrogen-bond acceptors (Lipinski definition) is 6. The Labute approximate surface area is 205 Å². The van der Waals surface area contributed by atoms with Gasteiger partial charge >= 0.3 is 5.69 Å². The van der Waals surface area contributed by atoms with Crippen molar-refractivity contribution < 1.29 is 9.90 Å². The zero-order valence-corrected chi connectivity index (χ0v) is 20.5. The van der Waals surface area contributed by atoms with Crippen molar-refractivity contribution in [2.45, 2.75) is 45.9 Å². The van der Waals surface area contributed by atoms with Crippen molar-refractivity contribution in [1.29, 1.82) is 0 Å². The number of nitrogens with zero attached hydrogens (tertiary/aromatic N) is 4. The first-order chi connectivity index (χ1) is 16.7. The Hall–Kier alpha value is -3.76. The topological polar surface area (TPSA) is 118 Å². The number of nitrogens with one attached hydrogen (secondary N) is 2. The van der Waals surface area contributed by atoms with Crippen molar-refractivity contribution >= 4 is 45.3 Å². The van der Waals surface area contributed by atoms with E-state index in [1.165, 1.54) is 11.3 Å². The monoisotopic (exact) mass is 490 g/mol. The summed E-state index contributed by atoms with van der Waals surface area (Å²) in [4.78, 5) is 38.5. The van der Waals surface area contributed by atoms with E-state index in [9.17, 15) is 14.7 Å². The van der Waals surface area contributed by atoms with Gasteiger partial charge in [0.15, 0.2) is 0 Å². The SMILES string of the molecule is CCn1c(=O)[nH]c2cc3nc(NC(=O)c4ccc(-c5ccncc5)s4)n(CCC(C)(C)O)c3cc21. The van der Waals surface area contributed by atoms with Gasteiger partial charge in [-0.25, -0.2) is 9.78 Å². The lowest BCUT2D eigenvalue weighted by atomic mass is 10.1. The summed E-state index contributed by atoms with van der Waals surface area (Å²) in [5.74, 6) is 0.136. The van der Waals surface area contributed by atoms with Gasteiger partial charge in [-0.2, -0.15) is 0 Å². The molecule has 9 nitrogen and oxygen atoms in total. The summed E-state index contributed by atoms with van der Waals surface area (Å²) in [5, 5.41) is 13.3. The minimum Gasteiger partial charge on any atom is -0.390 e. The maximum Gasteiger partial charge on any atom is 0.326 e. The first-order valence-electron chi connectivity index (χ1n) is 11.4. The molecular formula is C25H26N6O3S. The van der Waals surface area contributed by atoms with E-state index in [0.717, 1.165) is 21.5 Å². The number of benzene rings is 1. The number of aromatic nitrogens is 5. The molecule has 1 amide bonds. The van der Waals surface area contributed by atoms with Gasteiger partial charge in [-0.3, -0.25) is 19.7 Å². The molecular weight excluding hydrogens is 464 g/mol. The van der Waals surface area contributed by atoms with Crippen molar-refractivity contribution in [3.63, 3.8) is 0 Å². The lowest BCUT2D eigenvalue weighted by Gasteiger charge is -2.18. The second kappa shape index (κ2) is 8.79. The van der Waals surface area contributed by atoms with Crippen LogP contribution >= 0.6 is 11.3 Å². The Morgan fingerprint density at radius 2 is 1.91 bits per heavy atom. The van der Waals surface area contributed by atoms with Crippen LogP contribution in [0.2, 0.25) is 0 Å². The molecule has 0 fully saturated rings. The highest BCUT2D eigenvalue weighted by Crippen LogP contribution is 2.30. The summed E-state index contributed by atoms with van der Waals surface area (Å²) in [6, 6.07) is 11.2. The van der Waals surface area contributed by atoms with Crippen LogP contribution in [0.15, 0.2) is 53.6 Å². The first-order valence-corrected chi connectivity index (χ1v) is 12.2. The van der Waals surface area contributed by atoms with Crippen LogP contribution in [-0.2, 0) is 13.1 Å². The van der Waals surface area contributed by atoms with E-state index in [-0.39, 0.29) is 11.6 Å². The molecule has 35 heavy (non-hydrogen) atoms. The Morgan fingerprint density at radius 1 is 1.14 bits per heavy atom. The predicted octanol–water partition coefficient (Wildman–Crippen LogP) is 4.24. The maximum atomic E-state index is 13.2. The van der Waals surface area contributed by atoms with Crippen LogP contribution in [-0.4, -0.2) is 40.7 Å².